The first-order valence-electron chi connectivity index (χ1n) is 6.30. The predicted molar refractivity (Wildman–Crippen MR) is 71.1 cm³/mol. The lowest BCUT2D eigenvalue weighted by Crippen LogP contribution is -2.22. The summed E-state index contributed by atoms with van der Waals surface area (Å²) in [6, 6.07) is 0. The molecule has 3 N–H and O–H groups in total. The molecule has 0 aliphatic carbocycles. The van der Waals surface area contributed by atoms with E-state index in [9.17, 15) is 14.4 Å². The number of rotatable bonds is 5. The molecular weight excluding hydrogens is 248 g/mol. The smallest absolute Gasteiger partial charge is 0.319 e. The Morgan fingerprint density at radius 1 is 1.26 bits per heavy atom. The Labute approximate surface area is 113 Å². The van der Waals surface area contributed by atoms with E-state index in [0.717, 1.165) is 25.7 Å². The average Bonchev–Trinajstić information content (AvgIpc) is 2.65. The molecule has 2 amide bonds. The van der Waals surface area contributed by atoms with Crippen LogP contribution in [-0.4, -0.2) is 31.4 Å². The Hall–Kier alpha value is -1.69. The zero-order chi connectivity index (χ0) is 14.8. The number of imide groups is 1. The number of amides is 2. The molecule has 108 valence electrons. The largest absolute Gasteiger partial charge is 0.468 e. The van der Waals surface area contributed by atoms with Crippen LogP contribution >= 0.6 is 0 Å². The van der Waals surface area contributed by atoms with E-state index in [1.54, 1.807) is 6.92 Å². The highest BCUT2D eigenvalue weighted by molar-refractivity contribution is 6.19. The molecule has 1 heterocycles. The Kier molecular flexibility index (Phi) is 8.44. The maximum atomic E-state index is 11.2. The van der Waals surface area contributed by atoms with Crippen molar-refractivity contribution in [2.24, 2.45) is 5.73 Å². The quantitative estimate of drug-likeness (QED) is 0.434. The second kappa shape index (κ2) is 9.27. The Morgan fingerprint density at radius 2 is 1.89 bits per heavy atom. The van der Waals surface area contributed by atoms with Crippen molar-refractivity contribution in [3.05, 3.63) is 11.1 Å². The molecule has 1 rings (SSSR count). The lowest BCUT2D eigenvalue weighted by atomic mass is 10.0. The molecule has 0 atom stereocenters. The number of hydrogen-bond donors (Lipinski definition) is 2. The van der Waals surface area contributed by atoms with Crippen LogP contribution in [-0.2, 0) is 19.1 Å². The summed E-state index contributed by atoms with van der Waals surface area (Å²) in [4.78, 5) is 32.1. The summed E-state index contributed by atoms with van der Waals surface area (Å²) >= 11 is 0. The number of esters is 1. The van der Waals surface area contributed by atoms with Crippen molar-refractivity contribution >= 4 is 17.8 Å². The summed E-state index contributed by atoms with van der Waals surface area (Å²) in [6.45, 7) is 3.79. The van der Waals surface area contributed by atoms with Crippen molar-refractivity contribution < 1.29 is 19.1 Å². The Balaban J connectivity index is 0.000000459. The van der Waals surface area contributed by atoms with Crippen LogP contribution in [0.2, 0.25) is 0 Å². The molecule has 0 radical (unpaired) electrons. The molecule has 0 bridgehead atoms. The summed E-state index contributed by atoms with van der Waals surface area (Å²) in [6.07, 6.45) is 3.96. The molecule has 0 fully saturated rings. The molecule has 1 aliphatic rings. The third-order valence-electron chi connectivity index (χ3n) is 2.72. The molecule has 0 unspecified atom stereocenters. The fourth-order valence-corrected chi connectivity index (χ4v) is 1.52. The van der Waals surface area contributed by atoms with Crippen LogP contribution < -0.4 is 11.1 Å². The molecule has 6 nitrogen and oxygen atoms in total. The zero-order valence-electron chi connectivity index (χ0n) is 11.7. The van der Waals surface area contributed by atoms with Gasteiger partial charge in [0.1, 0.15) is 0 Å². The molecule has 19 heavy (non-hydrogen) atoms. The summed E-state index contributed by atoms with van der Waals surface area (Å²) in [7, 11) is 1.30. The van der Waals surface area contributed by atoms with Crippen LogP contribution in [0.1, 0.15) is 39.5 Å². The van der Waals surface area contributed by atoms with Crippen molar-refractivity contribution in [3.63, 3.8) is 0 Å². The number of nitrogens with two attached hydrogens (primary N) is 1. The number of hydrogen-bond acceptors (Lipinski definition) is 5. The lowest BCUT2D eigenvalue weighted by molar-refractivity contribution is -0.138. The van der Waals surface area contributed by atoms with Crippen LogP contribution in [0.15, 0.2) is 11.1 Å². The van der Waals surface area contributed by atoms with Gasteiger partial charge >= 0.3 is 5.97 Å². The SMILES string of the molecule is CCCCCC1=C(C)C(=O)NC1=O.COC(=O)CN. The zero-order valence-corrected chi connectivity index (χ0v) is 11.7. The van der Waals surface area contributed by atoms with Crippen molar-refractivity contribution in [2.45, 2.75) is 39.5 Å². The highest BCUT2D eigenvalue weighted by atomic mass is 16.5. The summed E-state index contributed by atoms with van der Waals surface area (Å²) in [5, 5.41) is 2.29. The minimum atomic E-state index is -0.380. The van der Waals surface area contributed by atoms with E-state index in [-0.39, 0.29) is 24.3 Å². The summed E-state index contributed by atoms with van der Waals surface area (Å²) < 4.78 is 4.14. The van der Waals surface area contributed by atoms with Gasteiger partial charge in [-0.1, -0.05) is 19.8 Å². The van der Waals surface area contributed by atoms with Gasteiger partial charge in [-0.05, 0) is 19.8 Å². The van der Waals surface area contributed by atoms with Gasteiger partial charge in [-0.2, -0.15) is 0 Å². The molecule has 0 aromatic heterocycles. The molecule has 6 heteroatoms. The molecule has 0 aromatic carbocycles. The number of carbonyl (C=O) groups excluding carboxylic acids is 3. The number of ether oxygens (including phenoxy) is 1. The molecule has 0 spiro atoms. The molecule has 0 aromatic rings. The summed E-state index contributed by atoms with van der Waals surface area (Å²) in [5.41, 5.74) is 6.09. The van der Waals surface area contributed by atoms with Gasteiger partial charge in [0.25, 0.3) is 11.8 Å². The van der Waals surface area contributed by atoms with Gasteiger partial charge in [-0.25, -0.2) is 0 Å². The first-order valence-corrected chi connectivity index (χ1v) is 6.30. The van der Waals surface area contributed by atoms with E-state index in [0.29, 0.717) is 11.1 Å². The maximum Gasteiger partial charge on any atom is 0.319 e. The van der Waals surface area contributed by atoms with Crippen LogP contribution in [0.25, 0.3) is 0 Å². The van der Waals surface area contributed by atoms with Crippen molar-refractivity contribution in [3.8, 4) is 0 Å². The van der Waals surface area contributed by atoms with Crippen LogP contribution in [0.3, 0.4) is 0 Å². The topological polar surface area (TPSA) is 98.5 Å². The second-order valence-electron chi connectivity index (χ2n) is 4.12. The maximum absolute atomic E-state index is 11.2. The fourth-order valence-electron chi connectivity index (χ4n) is 1.52. The van der Waals surface area contributed by atoms with Crippen LogP contribution in [0, 0.1) is 0 Å². The van der Waals surface area contributed by atoms with Crippen molar-refractivity contribution in [1.29, 1.82) is 0 Å². The van der Waals surface area contributed by atoms with E-state index in [1.807, 2.05) is 0 Å². The van der Waals surface area contributed by atoms with Gasteiger partial charge in [-0.3, -0.25) is 19.7 Å². The van der Waals surface area contributed by atoms with E-state index in [4.69, 9.17) is 5.73 Å². The number of methoxy groups -OCH3 is 1. The van der Waals surface area contributed by atoms with Crippen LogP contribution in [0.4, 0.5) is 0 Å². The fraction of sp³-hybridized carbons (Fsp3) is 0.615. The predicted octanol–water partition coefficient (Wildman–Crippen LogP) is 0.658. The number of carbonyl (C=O) groups is 3. The highest BCUT2D eigenvalue weighted by Crippen LogP contribution is 2.18. The van der Waals surface area contributed by atoms with Gasteiger partial charge in [-0.15, -0.1) is 0 Å². The van der Waals surface area contributed by atoms with Gasteiger partial charge in [0, 0.05) is 11.1 Å². The number of nitrogens with one attached hydrogen (secondary N) is 1. The molecule has 1 aliphatic heterocycles. The molecule has 0 saturated heterocycles. The first kappa shape index (κ1) is 17.3. The van der Waals surface area contributed by atoms with Crippen molar-refractivity contribution in [2.75, 3.05) is 13.7 Å². The monoisotopic (exact) mass is 270 g/mol. The Bertz CT molecular complexity index is 369. The van der Waals surface area contributed by atoms with E-state index in [1.165, 1.54) is 7.11 Å². The van der Waals surface area contributed by atoms with Gasteiger partial charge in [0.05, 0.1) is 13.7 Å². The van der Waals surface area contributed by atoms with E-state index in [2.05, 4.69) is 17.0 Å². The van der Waals surface area contributed by atoms with E-state index < -0.39 is 0 Å². The average molecular weight is 270 g/mol. The number of unbranched alkanes of at least 4 members (excludes halogenated alkanes) is 2. The first-order chi connectivity index (χ1) is 8.97. The standard InChI is InChI=1S/C10H15NO2.C3H7NO2/c1-3-4-5-6-8-7(2)9(12)11-10(8)13;1-6-3(5)2-4/h3-6H2,1-2H3,(H,11,12,13);2,4H2,1H3. The third kappa shape index (κ3) is 6.15. The second-order valence-corrected chi connectivity index (χ2v) is 4.12. The van der Waals surface area contributed by atoms with E-state index >= 15 is 0 Å². The highest BCUT2D eigenvalue weighted by Gasteiger charge is 2.25. The lowest BCUT2D eigenvalue weighted by Gasteiger charge is -1.98. The molecule has 0 saturated carbocycles. The van der Waals surface area contributed by atoms with Crippen LogP contribution in [0.5, 0.6) is 0 Å². The minimum Gasteiger partial charge on any atom is -0.468 e. The normalized spacial score (nSPS) is 13.9. The van der Waals surface area contributed by atoms with Crippen molar-refractivity contribution in [1.82, 2.24) is 5.32 Å². The van der Waals surface area contributed by atoms with Gasteiger partial charge < -0.3 is 10.5 Å². The van der Waals surface area contributed by atoms with Gasteiger partial charge in [0.2, 0.25) is 0 Å². The summed E-state index contributed by atoms with van der Waals surface area (Å²) in [5.74, 6) is -0.801. The molecular formula is C13H22N2O4. The minimum absolute atomic E-state index is 0.0312. The Morgan fingerprint density at radius 3 is 2.21 bits per heavy atom. The third-order valence-corrected chi connectivity index (χ3v) is 2.72. The van der Waals surface area contributed by atoms with Gasteiger partial charge in [0.15, 0.2) is 0 Å².